The molecule has 0 amide bonds. The van der Waals surface area contributed by atoms with E-state index >= 15 is 0 Å². The second-order valence-electron chi connectivity index (χ2n) is 2.96. The maximum absolute atomic E-state index is 9.54. The first-order valence-electron chi connectivity index (χ1n) is 4.49. The molecule has 0 saturated heterocycles. The second-order valence-corrected chi connectivity index (χ2v) is 2.96. The first kappa shape index (κ1) is 11.2. The zero-order valence-corrected chi connectivity index (χ0v) is 8.82. The molecule has 1 rings (SSSR count). The van der Waals surface area contributed by atoms with Crippen LogP contribution in [0, 0.1) is 0 Å². The van der Waals surface area contributed by atoms with Gasteiger partial charge in [0, 0.05) is 19.2 Å². The van der Waals surface area contributed by atoms with Gasteiger partial charge in [0.25, 0.3) is 0 Å². The van der Waals surface area contributed by atoms with Crippen LogP contribution in [0.5, 0.6) is 11.5 Å². The minimum Gasteiger partial charge on any atom is -0.508 e. The number of nitrogens with two attached hydrogens (primary N) is 1. The molecule has 5 nitrogen and oxygen atoms in total. The van der Waals surface area contributed by atoms with Gasteiger partial charge >= 0.3 is 0 Å². The molecule has 1 aromatic carbocycles. The van der Waals surface area contributed by atoms with Crippen LogP contribution in [0.15, 0.2) is 23.2 Å². The van der Waals surface area contributed by atoms with Gasteiger partial charge in [-0.1, -0.05) is 0 Å². The molecule has 0 saturated carbocycles. The Hall–Kier alpha value is -1.91. The van der Waals surface area contributed by atoms with E-state index < -0.39 is 0 Å². The number of phenols is 1. The number of aromatic hydroxyl groups is 1. The Kier molecular flexibility index (Phi) is 3.79. The lowest BCUT2D eigenvalue weighted by Crippen LogP contribution is -2.30. The van der Waals surface area contributed by atoms with Crippen molar-refractivity contribution in [3.63, 3.8) is 0 Å². The average molecular weight is 209 g/mol. The summed E-state index contributed by atoms with van der Waals surface area (Å²) in [6, 6.07) is 5.01. The highest BCUT2D eigenvalue weighted by Crippen LogP contribution is 2.22. The first-order chi connectivity index (χ1) is 7.17. The van der Waals surface area contributed by atoms with Crippen molar-refractivity contribution in [3.8, 4) is 11.5 Å². The Bertz CT molecular complexity index is 364. The van der Waals surface area contributed by atoms with E-state index in [-0.39, 0.29) is 5.75 Å². The molecule has 0 fully saturated rings. The van der Waals surface area contributed by atoms with Crippen molar-refractivity contribution in [2.24, 2.45) is 10.7 Å². The van der Waals surface area contributed by atoms with E-state index in [2.05, 4.69) is 10.3 Å². The maximum Gasteiger partial charge on any atom is 0.188 e. The van der Waals surface area contributed by atoms with E-state index in [1.807, 2.05) is 0 Å². The van der Waals surface area contributed by atoms with Crippen LogP contribution in [-0.4, -0.2) is 25.2 Å². The van der Waals surface area contributed by atoms with Gasteiger partial charge < -0.3 is 20.9 Å². The molecule has 15 heavy (non-hydrogen) atoms. The van der Waals surface area contributed by atoms with Crippen LogP contribution in [0.2, 0.25) is 0 Å². The Morgan fingerprint density at radius 3 is 2.93 bits per heavy atom. The lowest BCUT2D eigenvalue weighted by molar-refractivity contribution is 0.410. The van der Waals surface area contributed by atoms with Gasteiger partial charge in [0.2, 0.25) is 0 Å². The zero-order valence-electron chi connectivity index (χ0n) is 8.82. The molecule has 0 aliphatic rings. The molecule has 0 atom stereocenters. The van der Waals surface area contributed by atoms with Crippen molar-refractivity contribution in [2.45, 2.75) is 6.54 Å². The molecule has 0 aromatic heterocycles. The summed E-state index contributed by atoms with van der Waals surface area (Å²) < 4.78 is 5.04. The van der Waals surface area contributed by atoms with Crippen molar-refractivity contribution in [2.75, 3.05) is 14.2 Å². The monoisotopic (exact) mass is 209 g/mol. The third kappa shape index (κ3) is 3.05. The summed E-state index contributed by atoms with van der Waals surface area (Å²) >= 11 is 0. The summed E-state index contributed by atoms with van der Waals surface area (Å²) in [7, 11) is 3.17. The largest absolute Gasteiger partial charge is 0.508 e. The number of benzene rings is 1. The molecule has 0 aliphatic carbocycles. The van der Waals surface area contributed by atoms with Crippen LogP contribution in [0.1, 0.15) is 5.56 Å². The van der Waals surface area contributed by atoms with Crippen LogP contribution in [0.25, 0.3) is 0 Å². The van der Waals surface area contributed by atoms with Gasteiger partial charge in [0.05, 0.1) is 7.11 Å². The summed E-state index contributed by atoms with van der Waals surface area (Å²) in [6.07, 6.45) is 0. The van der Waals surface area contributed by atoms with E-state index in [0.717, 1.165) is 0 Å². The predicted molar refractivity (Wildman–Crippen MR) is 59.0 cm³/mol. The fourth-order valence-corrected chi connectivity index (χ4v) is 1.10. The normalized spacial score (nSPS) is 11.2. The summed E-state index contributed by atoms with van der Waals surface area (Å²) in [6.45, 7) is 0.409. The number of rotatable bonds is 3. The van der Waals surface area contributed by atoms with E-state index in [1.54, 1.807) is 32.4 Å². The van der Waals surface area contributed by atoms with Crippen molar-refractivity contribution in [1.29, 1.82) is 0 Å². The van der Waals surface area contributed by atoms with Gasteiger partial charge in [-0.2, -0.15) is 0 Å². The van der Waals surface area contributed by atoms with Crippen LogP contribution in [-0.2, 0) is 6.54 Å². The van der Waals surface area contributed by atoms with Crippen LogP contribution >= 0.6 is 0 Å². The molecule has 82 valence electrons. The predicted octanol–water partition coefficient (Wildman–Crippen LogP) is 0.435. The number of nitrogens with zero attached hydrogens (tertiary/aromatic N) is 1. The molecule has 0 heterocycles. The highest BCUT2D eigenvalue weighted by Gasteiger charge is 2.03. The van der Waals surface area contributed by atoms with Gasteiger partial charge in [-0.05, 0) is 18.2 Å². The molecule has 4 N–H and O–H groups in total. The molecule has 1 aromatic rings. The molecule has 0 aliphatic heterocycles. The number of hydrogen-bond acceptors (Lipinski definition) is 3. The van der Waals surface area contributed by atoms with Crippen molar-refractivity contribution in [1.82, 2.24) is 5.32 Å². The molecule has 0 spiro atoms. The number of methoxy groups -OCH3 is 1. The Balaban J connectivity index is 2.75. The third-order valence-electron chi connectivity index (χ3n) is 1.99. The van der Waals surface area contributed by atoms with Crippen molar-refractivity contribution < 1.29 is 9.84 Å². The van der Waals surface area contributed by atoms with Gasteiger partial charge in [-0.15, -0.1) is 0 Å². The Labute approximate surface area is 88.6 Å². The standard InChI is InChI=1S/C10H15N3O2/c1-12-10(11)13-6-7-5-8(15-2)3-4-9(7)14/h3-5,14H,6H2,1-2H3,(H3,11,12,13). The summed E-state index contributed by atoms with van der Waals surface area (Å²) in [5, 5.41) is 12.4. The van der Waals surface area contributed by atoms with Gasteiger partial charge in [-0.25, -0.2) is 0 Å². The molecule has 0 radical (unpaired) electrons. The first-order valence-corrected chi connectivity index (χ1v) is 4.49. The van der Waals surface area contributed by atoms with E-state index in [9.17, 15) is 5.11 Å². The van der Waals surface area contributed by atoms with Crippen LogP contribution in [0.4, 0.5) is 0 Å². The van der Waals surface area contributed by atoms with Crippen LogP contribution in [0.3, 0.4) is 0 Å². The molecular formula is C10H15N3O2. The van der Waals surface area contributed by atoms with Gasteiger partial charge in [0.15, 0.2) is 5.96 Å². The highest BCUT2D eigenvalue weighted by molar-refractivity contribution is 5.77. The topological polar surface area (TPSA) is 79.9 Å². The maximum atomic E-state index is 9.54. The average Bonchev–Trinajstić information content (AvgIpc) is 2.27. The van der Waals surface area contributed by atoms with Crippen LogP contribution < -0.4 is 15.8 Å². The van der Waals surface area contributed by atoms with E-state index in [1.165, 1.54) is 0 Å². The SMILES string of the molecule is CN=C(N)NCc1cc(OC)ccc1O. The summed E-state index contributed by atoms with van der Waals surface area (Å²) in [4.78, 5) is 3.75. The second kappa shape index (κ2) is 5.09. The summed E-state index contributed by atoms with van der Waals surface area (Å²) in [5.41, 5.74) is 6.18. The van der Waals surface area contributed by atoms with E-state index in [0.29, 0.717) is 23.8 Å². The smallest absolute Gasteiger partial charge is 0.188 e. The Morgan fingerprint density at radius 1 is 1.60 bits per heavy atom. The number of aliphatic imine (C=N–C) groups is 1. The molecule has 0 bridgehead atoms. The summed E-state index contributed by atoms with van der Waals surface area (Å²) in [5.74, 6) is 1.22. The fraction of sp³-hybridized carbons (Fsp3) is 0.300. The minimum atomic E-state index is 0.201. The lowest BCUT2D eigenvalue weighted by atomic mass is 10.2. The Morgan fingerprint density at radius 2 is 2.33 bits per heavy atom. The van der Waals surface area contributed by atoms with Crippen molar-refractivity contribution in [3.05, 3.63) is 23.8 Å². The van der Waals surface area contributed by atoms with Crippen molar-refractivity contribution >= 4 is 5.96 Å². The van der Waals surface area contributed by atoms with Gasteiger partial charge in [-0.3, -0.25) is 4.99 Å². The number of phenolic OH excluding ortho intramolecular Hbond substituents is 1. The zero-order chi connectivity index (χ0) is 11.3. The number of nitrogens with one attached hydrogen (secondary N) is 1. The fourth-order valence-electron chi connectivity index (χ4n) is 1.10. The lowest BCUT2D eigenvalue weighted by Gasteiger charge is -2.08. The molecule has 0 unspecified atom stereocenters. The molecule has 5 heteroatoms. The van der Waals surface area contributed by atoms with E-state index in [4.69, 9.17) is 10.5 Å². The van der Waals surface area contributed by atoms with Gasteiger partial charge in [0.1, 0.15) is 11.5 Å². The number of guanidine groups is 1. The number of ether oxygens (including phenoxy) is 1. The highest BCUT2D eigenvalue weighted by atomic mass is 16.5. The third-order valence-corrected chi connectivity index (χ3v) is 1.99. The molecular weight excluding hydrogens is 194 g/mol. The number of hydrogen-bond donors (Lipinski definition) is 3. The quantitative estimate of drug-likeness (QED) is 0.498. The minimum absolute atomic E-state index is 0.201.